The summed E-state index contributed by atoms with van der Waals surface area (Å²) in [5, 5.41) is 10.0. The van der Waals surface area contributed by atoms with E-state index >= 15 is 0 Å². The molecule has 0 radical (unpaired) electrons. The lowest BCUT2D eigenvalue weighted by Gasteiger charge is -2.11. The van der Waals surface area contributed by atoms with E-state index in [1.807, 2.05) is 18.2 Å². The van der Waals surface area contributed by atoms with Gasteiger partial charge in [-0.3, -0.25) is 13.9 Å². The van der Waals surface area contributed by atoms with Gasteiger partial charge in [0, 0.05) is 31.7 Å². The van der Waals surface area contributed by atoms with Crippen LogP contribution in [0.15, 0.2) is 46.0 Å². The molecule has 1 aliphatic carbocycles. The number of aryl methyl sites for hydroxylation is 2. The van der Waals surface area contributed by atoms with Gasteiger partial charge < -0.3 is 4.57 Å². The Balaban J connectivity index is 1.94. The van der Waals surface area contributed by atoms with Crippen LogP contribution in [0.4, 0.5) is 0 Å². The summed E-state index contributed by atoms with van der Waals surface area (Å²) in [4.78, 5) is 25.3. The van der Waals surface area contributed by atoms with Gasteiger partial charge >= 0.3 is 5.69 Å². The smallest absolute Gasteiger partial charge is 0.320 e. The van der Waals surface area contributed by atoms with Crippen LogP contribution >= 0.6 is 0 Å². The minimum Gasteiger partial charge on any atom is -0.320 e. The van der Waals surface area contributed by atoms with E-state index in [0.29, 0.717) is 23.2 Å². The molecule has 0 bridgehead atoms. The summed E-state index contributed by atoms with van der Waals surface area (Å²) in [5.74, 6) is 0. The second-order valence-electron chi connectivity index (χ2n) is 7.18. The zero-order chi connectivity index (χ0) is 19.4. The average Bonchev–Trinajstić information content (AvgIpc) is 3.05. The van der Waals surface area contributed by atoms with Gasteiger partial charge in [0.1, 0.15) is 0 Å². The van der Waals surface area contributed by atoms with Crippen molar-refractivity contribution in [2.45, 2.75) is 19.4 Å². The Morgan fingerprint density at radius 2 is 1.71 bits per heavy atom. The lowest BCUT2D eigenvalue weighted by Crippen LogP contribution is -2.37. The summed E-state index contributed by atoms with van der Waals surface area (Å²) in [7, 11) is 3.13. The Labute approximate surface area is 160 Å². The van der Waals surface area contributed by atoms with Gasteiger partial charge in [0.15, 0.2) is 11.3 Å². The standard InChI is InChI=1S/C21H19N5O2/c1-24-18-17(20(27)25(2)21(24)28)16-14-10-6-7-11-15(14)26(19(16)23-22-18)12-13-8-4-3-5-9-13/h3-5,7-9,11H,6,10,12H2,1-2H3. The number of fused-ring (bicyclic) bond motifs is 5. The van der Waals surface area contributed by atoms with Crippen molar-refractivity contribution >= 4 is 28.1 Å². The van der Waals surface area contributed by atoms with E-state index in [1.54, 1.807) is 7.05 Å². The molecular weight excluding hydrogens is 354 g/mol. The van der Waals surface area contributed by atoms with Crippen LogP contribution in [-0.2, 0) is 27.1 Å². The number of hydrogen-bond donors (Lipinski definition) is 0. The third kappa shape index (κ3) is 2.22. The summed E-state index contributed by atoms with van der Waals surface area (Å²) >= 11 is 0. The number of allylic oxidation sites excluding steroid dienone is 1. The first-order valence-electron chi connectivity index (χ1n) is 9.26. The Morgan fingerprint density at radius 1 is 0.964 bits per heavy atom. The van der Waals surface area contributed by atoms with Crippen LogP contribution in [0.2, 0.25) is 0 Å². The number of nitrogens with zero attached hydrogens (tertiary/aromatic N) is 5. The molecule has 0 fully saturated rings. The summed E-state index contributed by atoms with van der Waals surface area (Å²) in [6, 6.07) is 10.2. The highest BCUT2D eigenvalue weighted by atomic mass is 16.2. The van der Waals surface area contributed by atoms with E-state index in [9.17, 15) is 9.59 Å². The fourth-order valence-corrected chi connectivity index (χ4v) is 4.10. The SMILES string of the molecule is Cn1c(=O)c2c3c4c(n(Cc5ccccc5)c3nnc2n(C)c1=O)C=CCC4. The highest BCUT2D eigenvalue weighted by Crippen LogP contribution is 2.33. The number of benzene rings is 1. The van der Waals surface area contributed by atoms with E-state index in [1.165, 1.54) is 11.6 Å². The molecule has 4 aromatic rings. The minimum atomic E-state index is -0.399. The zero-order valence-corrected chi connectivity index (χ0v) is 15.7. The molecule has 28 heavy (non-hydrogen) atoms. The van der Waals surface area contributed by atoms with Gasteiger partial charge in [-0.05, 0) is 30.0 Å². The molecule has 3 aromatic heterocycles. The van der Waals surface area contributed by atoms with Gasteiger partial charge in [0.05, 0.1) is 5.39 Å². The van der Waals surface area contributed by atoms with Gasteiger partial charge in [-0.2, -0.15) is 0 Å². The molecule has 1 aromatic carbocycles. The molecular formula is C21H19N5O2. The first kappa shape index (κ1) is 16.7. The molecule has 5 rings (SSSR count). The number of hydrogen-bond acceptors (Lipinski definition) is 4. The van der Waals surface area contributed by atoms with Gasteiger partial charge in [-0.25, -0.2) is 4.79 Å². The van der Waals surface area contributed by atoms with E-state index in [4.69, 9.17) is 0 Å². The van der Waals surface area contributed by atoms with Crippen molar-refractivity contribution in [1.82, 2.24) is 23.9 Å². The third-order valence-corrected chi connectivity index (χ3v) is 5.52. The van der Waals surface area contributed by atoms with Crippen molar-refractivity contribution in [3.8, 4) is 0 Å². The van der Waals surface area contributed by atoms with E-state index < -0.39 is 5.69 Å². The molecule has 7 heteroatoms. The van der Waals surface area contributed by atoms with Crippen LogP contribution in [0.1, 0.15) is 23.2 Å². The summed E-state index contributed by atoms with van der Waals surface area (Å²) in [6.45, 7) is 0.642. The average molecular weight is 373 g/mol. The molecule has 0 saturated heterocycles. The largest absolute Gasteiger partial charge is 0.332 e. The van der Waals surface area contributed by atoms with Crippen molar-refractivity contribution in [2.24, 2.45) is 14.1 Å². The summed E-state index contributed by atoms with van der Waals surface area (Å²) < 4.78 is 4.65. The lowest BCUT2D eigenvalue weighted by atomic mass is 10.0. The topological polar surface area (TPSA) is 74.7 Å². The molecule has 0 atom stereocenters. The maximum atomic E-state index is 13.0. The highest BCUT2D eigenvalue weighted by Gasteiger charge is 2.24. The first-order chi connectivity index (χ1) is 13.6. The molecule has 0 aliphatic heterocycles. The molecule has 7 nitrogen and oxygen atoms in total. The van der Waals surface area contributed by atoms with Crippen molar-refractivity contribution < 1.29 is 0 Å². The number of rotatable bonds is 2. The molecule has 1 aliphatic rings. The van der Waals surface area contributed by atoms with Crippen LogP contribution in [0.25, 0.3) is 28.1 Å². The molecule has 140 valence electrons. The molecule has 3 heterocycles. The molecule has 0 unspecified atom stereocenters. The second kappa shape index (κ2) is 6.02. The summed E-state index contributed by atoms with van der Waals surface area (Å²) in [6.07, 6.45) is 5.98. The maximum Gasteiger partial charge on any atom is 0.332 e. The predicted octanol–water partition coefficient (Wildman–Crippen LogP) is 1.99. The zero-order valence-electron chi connectivity index (χ0n) is 15.7. The molecule has 0 saturated carbocycles. The van der Waals surface area contributed by atoms with Crippen LogP contribution in [-0.4, -0.2) is 23.9 Å². The Bertz CT molecular complexity index is 1390. The second-order valence-corrected chi connectivity index (χ2v) is 7.18. The van der Waals surface area contributed by atoms with Crippen LogP contribution in [0.3, 0.4) is 0 Å². The molecule has 0 amide bonds. The van der Waals surface area contributed by atoms with Crippen LogP contribution in [0, 0.1) is 0 Å². The minimum absolute atomic E-state index is 0.327. The van der Waals surface area contributed by atoms with Gasteiger partial charge in [0.25, 0.3) is 5.56 Å². The van der Waals surface area contributed by atoms with Crippen LogP contribution < -0.4 is 11.2 Å². The Hall–Kier alpha value is -3.48. The maximum absolute atomic E-state index is 13.0. The van der Waals surface area contributed by atoms with Gasteiger partial charge in [-0.15, -0.1) is 10.2 Å². The van der Waals surface area contributed by atoms with Crippen molar-refractivity contribution in [2.75, 3.05) is 0 Å². The number of aromatic nitrogens is 5. The predicted molar refractivity (Wildman–Crippen MR) is 108 cm³/mol. The highest BCUT2D eigenvalue weighted by molar-refractivity contribution is 6.05. The molecule has 0 spiro atoms. The van der Waals surface area contributed by atoms with E-state index in [2.05, 4.69) is 39.0 Å². The summed E-state index contributed by atoms with van der Waals surface area (Å²) in [5.41, 5.74) is 3.60. The monoisotopic (exact) mass is 373 g/mol. The van der Waals surface area contributed by atoms with Crippen molar-refractivity contribution in [1.29, 1.82) is 0 Å². The fourth-order valence-electron chi connectivity index (χ4n) is 4.10. The Morgan fingerprint density at radius 3 is 2.50 bits per heavy atom. The third-order valence-electron chi connectivity index (χ3n) is 5.52. The van der Waals surface area contributed by atoms with Crippen LogP contribution in [0.5, 0.6) is 0 Å². The van der Waals surface area contributed by atoms with Gasteiger partial charge in [-0.1, -0.05) is 36.4 Å². The lowest BCUT2D eigenvalue weighted by molar-refractivity contribution is 0.703. The van der Waals surface area contributed by atoms with E-state index in [0.717, 1.165) is 39.6 Å². The van der Waals surface area contributed by atoms with Crippen molar-refractivity contribution in [3.63, 3.8) is 0 Å². The van der Waals surface area contributed by atoms with Gasteiger partial charge in [0.2, 0.25) is 0 Å². The normalized spacial score (nSPS) is 13.4. The molecule has 0 N–H and O–H groups in total. The first-order valence-corrected chi connectivity index (χ1v) is 9.26. The fraction of sp³-hybridized carbons (Fsp3) is 0.238. The van der Waals surface area contributed by atoms with Crippen molar-refractivity contribution in [3.05, 3.63) is 74.1 Å². The quantitative estimate of drug-likeness (QED) is 0.539. The van der Waals surface area contributed by atoms with E-state index in [-0.39, 0.29) is 5.56 Å². The Kier molecular flexibility index (Phi) is 3.58.